The number of hydrogen-bond donors (Lipinski definition) is 3. The summed E-state index contributed by atoms with van der Waals surface area (Å²) in [4.78, 5) is 29.2. The first-order valence-electron chi connectivity index (χ1n) is 10.6. The van der Waals surface area contributed by atoms with Crippen LogP contribution in [-0.2, 0) is 6.61 Å². The summed E-state index contributed by atoms with van der Waals surface area (Å²) < 4.78 is 5.70. The molecule has 1 fully saturated rings. The molecule has 3 amide bonds. The van der Waals surface area contributed by atoms with Gasteiger partial charge in [0.25, 0.3) is 5.91 Å². The summed E-state index contributed by atoms with van der Waals surface area (Å²) in [6.07, 6.45) is 5.78. The maximum Gasteiger partial charge on any atom is 0.315 e. The lowest BCUT2D eigenvalue weighted by molar-refractivity contribution is 0.0911. The summed E-state index contributed by atoms with van der Waals surface area (Å²) in [6.45, 7) is 3.08. The molecule has 1 aliphatic carbocycles. The van der Waals surface area contributed by atoms with Gasteiger partial charge in [-0.3, -0.25) is 4.79 Å². The minimum Gasteiger partial charge on any atom is -0.486 e. The van der Waals surface area contributed by atoms with Crippen LogP contribution in [0, 0.1) is 0 Å². The number of hydrogen-bond acceptors (Lipinski definition) is 5. The molecule has 0 saturated heterocycles. The summed E-state index contributed by atoms with van der Waals surface area (Å²) >= 11 is 1.41. The fourth-order valence-electron chi connectivity index (χ4n) is 3.46. The number of benzene rings is 1. The Hall–Kier alpha value is -2.61. The van der Waals surface area contributed by atoms with Crippen LogP contribution in [0.25, 0.3) is 0 Å². The van der Waals surface area contributed by atoms with Gasteiger partial charge in [-0.2, -0.15) is 0 Å². The topological polar surface area (TPSA) is 92.4 Å². The van der Waals surface area contributed by atoms with E-state index in [1.807, 2.05) is 30.3 Å². The van der Waals surface area contributed by atoms with Gasteiger partial charge in [0.2, 0.25) is 0 Å². The molecule has 1 saturated carbocycles. The van der Waals surface area contributed by atoms with E-state index in [1.165, 1.54) is 11.3 Å². The lowest BCUT2D eigenvalue weighted by Gasteiger charge is -2.32. The minimum absolute atomic E-state index is 0.0659. The third kappa shape index (κ3) is 6.73. The first-order chi connectivity index (χ1) is 14.7. The number of ether oxygens (including phenoxy) is 1. The quantitative estimate of drug-likeness (QED) is 0.527. The van der Waals surface area contributed by atoms with Crippen molar-refractivity contribution in [2.45, 2.75) is 64.1 Å². The molecular weight excluding hydrogens is 400 g/mol. The zero-order valence-electron chi connectivity index (χ0n) is 17.4. The molecule has 8 heteroatoms. The van der Waals surface area contributed by atoms with Gasteiger partial charge >= 0.3 is 6.03 Å². The first kappa shape index (κ1) is 22.1. The smallest absolute Gasteiger partial charge is 0.315 e. The van der Waals surface area contributed by atoms with Crippen LogP contribution in [-0.4, -0.2) is 35.6 Å². The molecule has 7 nitrogen and oxygen atoms in total. The Bertz CT molecular complexity index is 812. The molecule has 2 aromatic rings. The van der Waals surface area contributed by atoms with Crippen molar-refractivity contribution in [1.29, 1.82) is 0 Å². The molecule has 0 aliphatic heterocycles. The van der Waals surface area contributed by atoms with Crippen molar-refractivity contribution in [3.63, 3.8) is 0 Å². The number of nitrogens with zero attached hydrogens (tertiary/aromatic N) is 1. The zero-order valence-corrected chi connectivity index (χ0v) is 18.2. The Morgan fingerprint density at radius 2 is 1.87 bits per heavy atom. The number of urea groups is 1. The van der Waals surface area contributed by atoms with E-state index in [4.69, 9.17) is 4.74 Å². The molecule has 0 radical (unpaired) electrons. The molecule has 2 atom stereocenters. The van der Waals surface area contributed by atoms with Crippen LogP contribution >= 0.6 is 11.3 Å². The van der Waals surface area contributed by atoms with Gasteiger partial charge in [-0.25, -0.2) is 9.78 Å². The van der Waals surface area contributed by atoms with Crippen LogP contribution in [0.1, 0.15) is 60.9 Å². The van der Waals surface area contributed by atoms with Gasteiger partial charge < -0.3 is 20.7 Å². The highest BCUT2D eigenvalue weighted by Gasteiger charge is 2.28. The van der Waals surface area contributed by atoms with Gasteiger partial charge in [-0.05, 0) is 31.4 Å². The van der Waals surface area contributed by atoms with Crippen LogP contribution in [0.5, 0.6) is 5.75 Å². The van der Waals surface area contributed by atoms with Crippen LogP contribution in [0.15, 0.2) is 35.7 Å². The summed E-state index contributed by atoms with van der Waals surface area (Å²) in [6, 6.07) is 9.21. The molecule has 0 bridgehead atoms. The van der Waals surface area contributed by atoms with E-state index in [0.29, 0.717) is 18.8 Å². The Balaban J connectivity index is 1.50. The van der Waals surface area contributed by atoms with Crippen molar-refractivity contribution < 1.29 is 14.3 Å². The van der Waals surface area contributed by atoms with Crippen molar-refractivity contribution >= 4 is 23.3 Å². The van der Waals surface area contributed by atoms with E-state index >= 15 is 0 Å². The maximum absolute atomic E-state index is 12.7. The third-order valence-corrected chi connectivity index (χ3v) is 5.93. The second kappa shape index (κ2) is 11.5. The zero-order chi connectivity index (χ0) is 21.2. The molecular formula is C22H30N4O3S. The second-order valence-electron chi connectivity index (χ2n) is 7.45. The number of aromatic nitrogens is 1. The number of carbonyl (C=O) groups excluding carboxylic acids is 2. The largest absolute Gasteiger partial charge is 0.486 e. The summed E-state index contributed by atoms with van der Waals surface area (Å²) in [5, 5.41) is 11.5. The van der Waals surface area contributed by atoms with Crippen molar-refractivity contribution in [3.8, 4) is 5.75 Å². The Labute approximate surface area is 181 Å². The number of carbonyl (C=O) groups is 2. The van der Waals surface area contributed by atoms with Crippen molar-refractivity contribution in [2.75, 3.05) is 6.54 Å². The fourth-order valence-corrected chi connectivity index (χ4v) is 4.15. The van der Waals surface area contributed by atoms with E-state index in [2.05, 4.69) is 27.9 Å². The highest BCUT2D eigenvalue weighted by molar-refractivity contribution is 7.09. The average Bonchev–Trinajstić information content (AvgIpc) is 3.24. The number of nitrogens with one attached hydrogen (secondary N) is 3. The van der Waals surface area contributed by atoms with E-state index in [1.54, 1.807) is 5.38 Å². The van der Waals surface area contributed by atoms with E-state index in [0.717, 1.165) is 49.3 Å². The molecule has 30 heavy (non-hydrogen) atoms. The highest BCUT2D eigenvalue weighted by atomic mass is 32.1. The van der Waals surface area contributed by atoms with Gasteiger partial charge in [-0.15, -0.1) is 11.3 Å². The van der Waals surface area contributed by atoms with Crippen molar-refractivity contribution in [2.24, 2.45) is 0 Å². The van der Waals surface area contributed by atoms with Gasteiger partial charge in [0.15, 0.2) is 0 Å². The predicted molar refractivity (Wildman–Crippen MR) is 118 cm³/mol. The average molecular weight is 431 g/mol. The minimum atomic E-state index is -0.206. The maximum atomic E-state index is 12.7. The molecule has 1 heterocycles. The molecule has 1 aromatic carbocycles. The van der Waals surface area contributed by atoms with Gasteiger partial charge in [0.05, 0.1) is 6.04 Å². The number of thiazole rings is 1. The van der Waals surface area contributed by atoms with Crippen LogP contribution in [0.3, 0.4) is 0 Å². The fraction of sp³-hybridized carbons (Fsp3) is 0.500. The number of amides is 3. The molecule has 0 spiro atoms. The van der Waals surface area contributed by atoms with Crippen LogP contribution in [0.4, 0.5) is 4.79 Å². The molecule has 162 valence electrons. The molecule has 3 N–H and O–H groups in total. The van der Waals surface area contributed by atoms with Crippen LogP contribution in [0.2, 0.25) is 0 Å². The molecule has 1 aliphatic rings. The first-order valence-corrected chi connectivity index (χ1v) is 11.5. The van der Waals surface area contributed by atoms with Crippen molar-refractivity contribution in [3.05, 3.63) is 46.4 Å². The van der Waals surface area contributed by atoms with E-state index < -0.39 is 0 Å². The third-order valence-electron chi connectivity index (χ3n) is 5.10. The Morgan fingerprint density at radius 3 is 2.60 bits per heavy atom. The molecule has 1 aromatic heterocycles. The standard InChI is InChI=1S/C22H30N4O3S/c1-2-3-13-23-22(28)26-18-12-8-7-11-17(18)25-21(27)19-15-30-20(24-19)14-29-16-9-5-4-6-10-16/h4-6,9-10,15,17-18H,2-3,7-8,11-14H2,1H3,(H,25,27)(H2,23,26,28)/t17-,18-/m1/s1. The monoisotopic (exact) mass is 430 g/mol. The van der Waals surface area contributed by atoms with E-state index in [9.17, 15) is 9.59 Å². The lowest BCUT2D eigenvalue weighted by atomic mass is 9.90. The second-order valence-corrected chi connectivity index (χ2v) is 8.40. The van der Waals surface area contributed by atoms with Crippen LogP contribution < -0.4 is 20.7 Å². The van der Waals surface area contributed by atoms with Gasteiger partial charge in [0.1, 0.15) is 23.1 Å². The van der Waals surface area contributed by atoms with Gasteiger partial charge in [0, 0.05) is 18.0 Å². The molecule has 3 rings (SSSR count). The lowest BCUT2D eigenvalue weighted by Crippen LogP contribution is -2.55. The van der Waals surface area contributed by atoms with E-state index in [-0.39, 0.29) is 24.0 Å². The summed E-state index contributed by atoms with van der Waals surface area (Å²) in [7, 11) is 0. The Morgan fingerprint density at radius 1 is 1.13 bits per heavy atom. The van der Waals surface area contributed by atoms with Crippen molar-refractivity contribution in [1.82, 2.24) is 20.9 Å². The SMILES string of the molecule is CCCCNC(=O)N[C@@H]1CCCC[C@H]1NC(=O)c1csc(COc2ccccc2)n1. The number of para-hydroxylation sites is 1. The normalized spacial score (nSPS) is 18.4. The predicted octanol–water partition coefficient (Wildman–Crippen LogP) is 3.86. The Kier molecular flexibility index (Phi) is 8.50. The summed E-state index contributed by atoms with van der Waals surface area (Å²) in [5.74, 6) is 0.564. The number of rotatable bonds is 9. The highest BCUT2D eigenvalue weighted by Crippen LogP contribution is 2.20. The van der Waals surface area contributed by atoms with Gasteiger partial charge in [-0.1, -0.05) is 44.4 Å². The number of unbranched alkanes of at least 4 members (excludes halogenated alkanes) is 1. The molecule has 0 unspecified atom stereocenters. The summed E-state index contributed by atoms with van der Waals surface area (Å²) in [5.41, 5.74) is 0.392.